The molecule has 2 aromatic rings. The van der Waals surface area contributed by atoms with E-state index in [1.54, 1.807) is 30.3 Å². The summed E-state index contributed by atoms with van der Waals surface area (Å²) in [7, 11) is -3.91. The Balaban J connectivity index is 1.18. The zero-order chi connectivity index (χ0) is 28.3. The molecule has 5 rings (SSSR count). The van der Waals surface area contributed by atoms with E-state index >= 15 is 0 Å². The minimum Gasteiger partial charge on any atom is -0.486 e. The van der Waals surface area contributed by atoms with Crippen LogP contribution in [0.2, 0.25) is 4.34 Å². The lowest BCUT2D eigenvalue weighted by Crippen LogP contribution is -2.55. The van der Waals surface area contributed by atoms with Crippen molar-refractivity contribution < 1.29 is 32.3 Å². The molecule has 0 radical (unpaired) electrons. The van der Waals surface area contributed by atoms with Crippen LogP contribution in [-0.2, 0) is 24.4 Å². The van der Waals surface area contributed by atoms with Gasteiger partial charge in [-0.3, -0.25) is 14.4 Å². The molecule has 2 fully saturated rings. The minimum absolute atomic E-state index is 0.228. The highest BCUT2D eigenvalue weighted by atomic mass is 35.5. The Morgan fingerprint density at radius 3 is 2.62 bits per heavy atom. The molecule has 0 bridgehead atoms. The number of ether oxygens (including phenoxy) is 2. The lowest BCUT2D eigenvalue weighted by atomic mass is 10.1. The first-order valence-electron chi connectivity index (χ1n) is 12.9. The van der Waals surface area contributed by atoms with Gasteiger partial charge in [-0.1, -0.05) is 11.6 Å². The fraction of sp³-hybridized carbons (Fsp3) is 0.423. The summed E-state index contributed by atoms with van der Waals surface area (Å²) in [6.45, 7) is 1.39. The third kappa shape index (κ3) is 6.77. The fourth-order valence-electron chi connectivity index (χ4n) is 4.96. The van der Waals surface area contributed by atoms with Crippen LogP contribution < -0.4 is 19.5 Å². The predicted octanol–water partition coefficient (Wildman–Crippen LogP) is 2.68. The number of piperidine rings is 1. The summed E-state index contributed by atoms with van der Waals surface area (Å²) in [6, 6.07) is 6.83. The monoisotopic (exact) mass is 608 g/mol. The van der Waals surface area contributed by atoms with E-state index < -0.39 is 28.0 Å². The molecule has 2 atom stereocenters. The Morgan fingerprint density at radius 1 is 1.07 bits per heavy atom. The maximum atomic E-state index is 13.2. The highest BCUT2D eigenvalue weighted by molar-refractivity contribution is 7.92. The van der Waals surface area contributed by atoms with E-state index in [0.29, 0.717) is 78.4 Å². The summed E-state index contributed by atoms with van der Waals surface area (Å²) < 4.78 is 39.2. The van der Waals surface area contributed by atoms with Gasteiger partial charge >= 0.3 is 0 Å². The molecular weight excluding hydrogens is 580 g/mol. The normalized spacial score (nSPS) is 21.2. The number of nitrogens with one attached hydrogen (secondary N) is 2. The van der Waals surface area contributed by atoms with Crippen molar-refractivity contribution in [2.24, 2.45) is 0 Å². The molecule has 0 unspecified atom stereocenters. The SMILES string of the molecule is O=C(Nc1ccc2c(c1)OCCO2)[C@@H]1CCCN1C(=O)CN1CCC[C@H](NS(=O)(=O)/C=C/c2ccc(Cl)s2)C1=O. The van der Waals surface area contributed by atoms with Gasteiger partial charge in [-0.05, 0) is 56.0 Å². The topological polar surface area (TPSA) is 134 Å². The number of sulfonamides is 1. The molecule has 14 heteroatoms. The van der Waals surface area contributed by atoms with Crippen LogP contribution in [0.4, 0.5) is 5.69 Å². The van der Waals surface area contributed by atoms with E-state index in [1.165, 1.54) is 27.2 Å². The van der Waals surface area contributed by atoms with Gasteiger partial charge in [0.2, 0.25) is 27.7 Å². The summed E-state index contributed by atoms with van der Waals surface area (Å²) in [5.74, 6) is 0.0103. The largest absolute Gasteiger partial charge is 0.486 e. The van der Waals surface area contributed by atoms with Crippen LogP contribution in [0.25, 0.3) is 6.08 Å². The highest BCUT2D eigenvalue weighted by Gasteiger charge is 2.37. The van der Waals surface area contributed by atoms with Gasteiger partial charge in [0.15, 0.2) is 11.5 Å². The molecule has 2 saturated heterocycles. The Hall–Kier alpha value is -3.13. The number of carbonyl (C=O) groups is 3. The first-order chi connectivity index (χ1) is 19.2. The Labute approximate surface area is 241 Å². The number of likely N-dealkylation sites (tertiary alicyclic amines) is 2. The van der Waals surface area contributed by atoms with E-state index in [1.807, 2.05) is 0 Å². The van der Waals surface area contributed by atoms with Crippen LogP contribution in [0.1, 0.15) is 30.6 Å². The zero-order valence-electron chi connectivity index (χ0n) is 21.5. The van der Waals surface area contributed by atoms with Gasteiger partial charge in [0.1, 0.15) is 25.3 Å². The summed E-state index contributed by atoms with van der Waals surface area (Å²) in [4.78, 5) is 42.9. The first-order valence-corrected chi connectivity index (χ1v) is 15.7. The van der Waals surface area contributed by atoms with E-state index in [0.717, 1.165) is 5.41 Å². The average Bonchev–Trinajstić information content (AvgIpc) is 3.59. The van der Waals surface area contributed by atoms with Gasteiger partial charge in [-0.15, -0.1) is 11.3 Å². The van der Waals surface area contributed by atoms with Crippen molar-refractivity contribution >= 4 is 62.4 Å². The minimum atomic E-state index is -3.91. The van der Waals surface area contributed by atoms with Crippen LogP contribution >= 0.6 is 22.9 Å². The van der Waals surface area contributed by atoms with Gasteiger partial charge in [0.25, 0.3) is 0 Å². The molecule has 0 saturated carbocycles. The van der Waals surface area contributed by atoms with Crippen molar-refractivity contribution in [3.05, 3.63) is 45.0 Å². The molecule has 0 aliphatic carbocycles. The number of nitrogens with zero attached hydrogens (tertiary/aromatic N) is 2. The van der Waals surface area contributed by atoms with Gasteiger partial charge < -0.3 is 24.6 Å². The number of amides is 3. The first kappa shape index (κ1) is 28.4. The summed E-state index contributed by atoms with van der Waals surface area (Å²) in [5.41, 5.74) is 0.533. The quantitative estimate of drug-likeness (QED) is 0.471. The number of anilines is 1. The summed E-state index contributed by atoms with van der Waals surface area (Å²) in [5, 5.41) is 3.85. The molecule has 214 valence electrons. The second kappa shape index (κ2) is 12.2. The Morgan fingerprint density at radius 2 is 1.85 bits per heavy atom. The van der Waals surface area contributed by atoms with Crippen molar-refractivity contribution in [1.29, 1.82) is 0 Å². The van der Waals surface area contributed by atoms with Crippen molar-refractivity contribution in [2.45, 2.75) is 37.8 Å². The number of fused-ring (bicyclic) bond motifs is 1. The zero-order valence-corrected chi connectivity index (χ0v) is 23.9. The second-order valence-corrected chi connectivity index (χ2v) is 13.0. The van der Waals surface area contributed by atoms with Gasteiger partial charge in [0.05, 0.1) is 10.9 Å². The number of halogens is 1. The van der Waals surface area contributed by atoms with E-state index in [2.05, 4.69) is 10.0 Å². The maximum absolute atomic E-state index is 13.2. The van der Waals surface area contributed by atoms with Crippen LogP contribution in [0.3, 0.4) is 0 Å². The standard InChI is InChI=1S/C26H29ClN4O7S2/c27-23-8-6-18(39-23)9-14-40(35,36)29-19-3-1-10-30(26(19)34)16-24(32)31-11-2-4-20(31)25(33)28-17-5-7-21-22(15-17)38-13-12-37-21/h5-9,14-15,19-20,29H,1-4,10-13,16H2,(H,28,33)/b14-9+/t19-,20-/m0/s1. The highest BCUT2D eigenvalue weighted by Crippen LogP contribution is 2.33. The molecule has 11 nitrogen and oxygen atoms in total. The molecule has 4 heterocycles. The van der Waals surface area contributed by atoms with Crippen molar-refractivity contribution in [3.63, 3.8) is 0 Å². The van der Waals surface area contributed by atoms with Crippen LogP contribution in [0.15, 0.2) is 35.7 Å². The smallest absolute Gasteiger partial charge is 0.247 e. The van der Waals surface area contributed by atoms with E-state index in [-0.39, 0.29) is 18.4 Å². The Bertz CT molecular complexity index is 1430. The number of hydrogen-bond donors (Lipinski definition) is 2. The Kier molecular flexibility index (Phi) is 8.64. The molecule has 1 aromatic heterocycles. The van der Waals surface area contributed by atoms with E-state index in [9.17, 15) is 22.8 Å². The van der Waals surface area contributed by atoms with Crippen molar-refractivity contribution in [3.8, 4) is 11.5 Å². The molecule has 2 N–H and O–H groups in total. The van der Waals surface area contributed by atoms with Gasteiger partial charge in [-0.2, -0.15) is 4.72 Å². The van der Waals surface area contributed by atoms with Crippen molar-refractivity contribution in [2.75, 3.05) is 38.2 Å². The summed E-state index contributed by atoms with van der Waals surface area (Å²) in [6.07, 6.45) is 3.43. The molecule has 3 aliphatic rings. The molecule has 40 heavy (non-hydrogen) atoms. The average molecular weight is 609 g/mol. The van der Waals surface area contributed by atoms with Crippen LogP contribution in [0, 0.1) is 0 Å². The lowest BCUT2D eigenvalue weighted by molar-refractivity contribution is -0.144. The predicted molar refractivity (Wildman–Crippen MR) is 151 cm³/mol. The number of hydrogen-bond acceptors (Lipinski definition) is 8. The maximum Gasteiger partial charge on any atom is 0.247 e. The lowest BCUT2D eigenvalue weighted by Gasteiger charge is -2.33. The number of rotatable bonds is 8. The molecule has 3 aliphatic heterocycles. The van der Waals surface area contributed by atoms with E-state index in [4.69, 9.17) is 21.1 Å². The number of thiophene rings is 1. The van der Waals surface area contributed by atoms with Crippen LogP contribution in [-0.4, -0.2) is 80.9 Å². The molecule has 1 aromatic carbocycles. The molecular formula is C26H29ClN4O7S2. The molecule has 0 spiro atoms. The molecule has 3 amide bonds. The van der Waals surface area contributed by atoms with Crippen LogP contribution in [0.5, 0.6) is 11.5 Å². The van der Waals surface area contributed by atoms with Gasteiger partial charge in [0, 0.05) is 35.1 Å². The summed E-state index contributed by atoms with van der Waals surface area (Å²) >= 11 is 7.12. The van der Waals surface area contributed by atoms with Crippen molar-refractivity contribution in [1.82, 2.24) is 14.5 Å². The third-order valence-electron chi connectivity index (χ3n) is 6.85. The fourth-order valence-corrected chi connectivity index (χ4v) is 7.03. The van der Waals surface area contributed by atoms with Gasteiger partial charge in [-0.25, -0.2) is 8.42 Å². The number of carbonyl (C=O) groups excluding carboxylic acids is 3. The third-order valence-corrected chi connectivity index (χ3v) is 9.16. The number of benzene rings is 1. The second-order valence-electron chi connectivity index (χ2n) is 9.65.